The molecule has 3 N–H and O–H groups in total. The number of aryl methyl sites for hydroxylation is 1. The highest BCUT2D eigenvalue weighted by atomic mass is 32.1. The van der Waals surface area contributed by atoms with Crippen LogP contribution in [-0.2, 0) is 6.61 Å². The molecule has 0 bridgehead atoms. The monoisotopic (exact) mass is 263 g/mol. The third-order valence-electron chi connectivity index (χ3n) is 2.34. The molecule has 2 aromatic heterocycles. The Morgan fingerprint density at radius 3 is 3.06 bits per heavy atom. The third kappa shape index (κ3) is 2.85. The summed E-state index contributed by atoms with van der Waals surface area (Å²) in [5.74, 6) is 5.52. The summed E-state index contributed by atoms with van der Waals surface area (Å²) in [6.45, 7) is 2.30. The van der Waals surface area contributed by atoms with Gasteiger partial charge in [-0.2, -0.15) is 0 Å². The summed E-state index contributed by atoms with van der Waals surface area (Å²) in [6, 6.07) is 7.26. The molecule has 0 fully saturated rings. The second kappa shape index (κ2) is 5.61. The van der Waals surface area contributed by atoms with E-state index in [2.05, 4.69) is 10.4 Å². The first kappa shape index (κ1) is 12.5. The number of rotatable bonds is 4. The van der Waals surface area contributed by atoms with Gasteiger partial charge >= 0.3 is 0 Å². The van der Waals surface area contributed by atoms with Gasteiger partial charge in [0.15, 0.2) is 0 Å². The summed E-state index contributed by atoms with van der Waals surface area (Å²) in [5.41, 5.74) is 2.94. The van der Waals surface area contributed by atoms with Crippen molar-refractivity contribution in [1.82, 2.24) is 10.4 Å². The van der Waals surface area contributed by atoms with Crippen molar-refractivity contribution in [3.8, 4) is 5.75 Å². The molecule has 1 amide bonds. The lowest BCUT2D eigenvalue weighted by Gasteiger charge is -2.06. The molecule has 0 saturated heterocycles. The Balaban J connectivity index is 2.01. The van der Waals surface area contributed by atoms with E-state index < -0.39 is 0 Å². The van der Waals surface area contributed by atoms with E-state index in [9.17, 15) is 4.79 Å². The number of nitrogens with two attached hydrogens (primary N) is 1. The second-order valence-corrected chi connectivity index (χ2v) is 4.78. The van der Waals surface area contributed by atoms with Gasteiger partial charge in [0.1, 0.15) is 12.4 Å². The van der Waals surface area contributed by atoms with Gasteiger partial charge < -0.3 is 4.74 Å². The Bertz CT molecular complexity index is 554. The quantitative estimate of drug-likeness (QED) is 0.499. The van der Waals surface area contributed by atoms with Gasteiger partial charge in [-0.15, -0.1) is 11.3 Å². The van der Waals surface area contributed by atoms with E-state index in [0.717, 1.165) is 16.3 Å². The first-order chi connectivity index (χ1) is 8.70. The molecule has 0 saturated carbocycles. The number of amides is 1. The fourth-order valence-corrected chi connectivity index (χ4v) is 2.24. The Morgan fingerprint density at radius 1 is 1.50 bits per heavy atom. The van der Waals surface area contributed by atoms with Crippen molar-refractivity contribution in [3.05, 3.63) is 45.9 Å². The van der Waals surface area contributed by atoms with Crippen molar-refractivity contribution in [2.45, 2.75) is 13.5 Å². The van der Waals surface area contributed by atoms with E-state index in [0.29, 0.717) is 11.5 Å². The van der Waals surface area contributed by atoms with Crippen LogP contribution in [0.4, 0.5) is 0 Å². The number of hydrogen-bond acceptors (Lipinski definition) is 5. The van der Waals surface area contributed by atoms with Gasteiger partial charge in [-0.1, -0.05) is 0 Å². The molecule has 0 atom stereocenters. The highest BCUT2D eigenvalue weighted by molar-refractivity contribution is 7.14. The number of nitrogen functional groups attached to an aromatic ring is 1. The van der Waals surface area contributed by atoms with Gasteiger partial charge in [0.2, 0.25) is 0 Å². The topological polar surface area (TPSA) is 77.2 Å². The van der Waals surface area contributed by atoms with Gasteiger partial charge in [-0.3, -0.25) is 15.2 Å². The summed E-state index contributed by atoms with van der Waals surface area (Å²) in [5, 5.41) is 0. The van der Waals surface area contributed by atoms with Crippen molar-refractivity contribution >= 4 is 17.2 Å². The van der Waals surface area contributed by atoms with Crippen LogP contribution in [-0.4, -0.2) is 10.9 Å². The largest absolute Gasteiger partial charge is 0.486 e. The summed E-state index contributed by atoms with van der Waals surface area (Å²) in [7, 11) is 0. The van der Waals surface area contributed by atoms with Gasteiger partial charge in [-0.25, -0.2) is 5.84 Å². The van der Waals surface area contributed by atoms with E-state index in [1.165, 1.54) is 11.3 Å². The van der Waals surface area contributed by atoms with Crippen LogP contribution < -0.4 is 16.0 Å². The standard InChI is InChI=1S/C12H13N3O2S/c1-8-10(3-2-6-14-8)17-7-9-4-5-11(18-9)12(16)15-13/h2-6H,7,13H2,1H3,(H,15,16). The van der Waals surface area contributed by atoms with Gasteiger partial charge in [0.05, 0.1) is 10.6 Å². The number of nitrogens with one attached hydrogen (secondary N) is 1. The zero-order chi connectivity index (χ0) is 13.0. The minimum absolute atomic E-state index is 0.288. The Morgan fingerprint density at radius 2 is 2.33 bits per heavy atom. The van der Waals surface area contributed by atoms with E-state index >= 15 is 0 Å². The van der Waals surface area contributed by atoms with E-state index in [1.54, 1.807) is 12.3 Å². The lowest BCUT2D eigenvalue weighted by atomic mass is 10.3. The molecule has 0 radical (unpaired) electrons. The zero-order valence-electron chi connectivity index (χ0n) is 9.84. The Hall–Kier alpha value is -1.92. The average molecular weight is 263 g/mol. The predicted molar refractivity (Wildman–Crippen MR) is 69.3 cm³/mol. The molecule has 2 aromatic rings. The van der Waals surface area contributed by atoms with Crippen molar-refractivity contribution in [1.29, 1.82) is 0 Å². The van der Waals surface area contributed by atoms with Crippen LogP contribution in [0.2, 0.25) is 0 Å². The minimum atomic E-state index is -0.288. The number of carbonyl (C=O) groups is 1. The lowest BCUT2D eigenvalue weighted by molar-refractivity contribution is 0.0957. The average Bonchev–Trinajstić information content (AvgIpc) is 2.86. The maximum atomic E-state index is 11.3. The van der Waals surface area contributed by atoms with Crippen molar-refractivity contribution < 1.29 is 9.53 Å². The van der Waals surface area contributed by atoms with Crippen molar-refractivity contribution in [2.24, 2.45) is 5.84 Å². The maximum absolute atomic E-state index is 11.3. The van der Waals surface area contributed by atoms with Crippen molar-refractivity contribution in [3.63, 3.8) is 0 Å². The zero-order valence-corrected chi connectivity index (χ0v) is 10.7. The number of aromatic nitrogens is 1. The summed E-state index contributed by atoms with van der Waals surface area (Å²) in [4.78, 5) is 16.9. The molecule has 0 unspecified atom stereocenters. The Labute approximate surface area is 109 Å². The molecule has 6 heteroatoms. The van der Waals surface area contributed by atoms with Crippen LogP contribution in [0.3, 0.4) is 0 Å². The van der Waals surface area contributed by atoms with Gasteiger partial charge in [-0.05, 0) is 31.2 Å². The second-order valence-electron chi connectivity index (χ2n) is 3.62. The van der Waals surface area contributed by atoms with Crippen molar-refractivity contribution in [2.75, 3.05) is 0 Å². The predicted octanol–water partition coefficient (Wildman–Crippen LogP) is 1.63. The highest BCUT2D eigenvalue weighted by Gasteiger charge is 2.08. The molecular formula is C12H13N3O2S. The number of nitrogens with zero attached hydrogens (tertiary/aromatic N) is 1. The fraction of sp³-hybridized carbons (Fsp3) is 0.167. The van der Waals surface area contributed by atoms with Crippen LogP contribution in [0, 0.1) is 6.92 Å². The summed E-state index contributed by atoms with van der Waals surface area (Å²) < 4.78 is 5.63. The first-order valence-electron chi connectivity index (χ1n) is 5.35. The molecule has 0 spiro atoms. The molecule has 2 rings (SSSR count). The molecule has 94 valence electrons. The number of hydrogen-bond donors (Lipinski definition) is 2. The van der Waals surface area contributed by atoms with Gasteiger partial charge in [0.25, 0.3) is 5.91 Å². The van der Waals surface area contributed by atoms with E-state index in [4.69, 9.17) is 10.6 Å². The first-order valence-corrected chi connectivity index (χ1v) is 6.16. The van der Waals surface area contributed by atoms with Crippen LogP contribution in [0.1, 0.15) is 20.2 Å². The lowest BCUT2D eigenvalue weighted by Crippen LogP contribution is -2.29. The molecule has 0 aliphatic heterocycles. The molecule has 5 nitrogen and oxygen atoms in total. The number of hydrazine groups is 1. The number of carbonyl (C=O) groups excluding carboxylic acids is 1. The van der Waals surface area contributed by atoms with Crippen LogP contribution >= 0.6 is 11.3 Å². The normalized spacial score (nSPS) is 10.1. The molecule has 2 heterocycles. The molecule has 0 aliphatic carbocycles. The van der Waals surface area contributed by atoms with Crippen LogP contribution in [0.25, 0.3) is 0 Å². The number of ether oxygens (including phenoxy) is 1. The molecule has 0 aliphatic rings. The number of thiophene rings is 1. The SMILES string of the molecule is Cc1ncccc1OCc1ccc(C(=O)NN)s1. The van der Waals surface area contributed by atoms with E-state index in [-0.39, 0.29) is 5.91 Å². The molecule has 18 heavy (non-hydrogen) atoms. The van der Waals surface area contributed by atoms with E-state index in [1.807, 2.05) is 25.1 Å². The highest BCUT2D eigenvalue weighted by Crippen LogP contribution is 2.20. The molecule has 0 aromatic carbocycles. The smallest absolute Gasteiger partial charge is 0.275 e. The molecular weight excluding hydrogens is 250 g/mol. The number of pyridine rings is 1. The summed E-state index contributed by atoms with van der Waals surface area (Å²) in [6.07, 6.45) is 1.72. The van der Waals surface area contributed by atoms with Gasteiger partial charge in [0, 0.05) is 11.1 Å². The fourth-order valence-electron chi connectivity index (χ4n) is 1.42. The Kier molecular flexibility index (Phi) is 3.91. The minimum Gasteiger partial charge on any atom is -0.486 e. The third-order valence-corrected chi connectivity index (χ3v) is 3.40. The van der Waals surface area contributed by atoms with Crippen LogP contribution in [0.15, 0.2) is 30.5 Å². The van der Waals surface area contributed by atoms with Crippen LogP contribution in [0.5, 0.6) is 5.75 Å². The maximum Gasteiger partial charge on any atom is 0.275 e. The summed E-state index contributed by atoms with van der Waals surface area (Å²) >= 11 is 1.35.